The average Bonchev–Trinajstić information content (AvgIpc) is 2.64. The second-order valence-electron chi connectivity index (χ2n) is 5.88. The lowest BCUT2D eigenvalue weighted by molar-refractivity contribution is 0.0745. The Labute approximate surface area is 142 Å². The Balaban J connectivity index is 1.98. The summed E-state index contributed by atoms with van der Waals surface area (Å²) in [6.45, 7) is 8.00. The number of carbonyl (C=O) groups is 1. The molecular formula is C20H23NO3. The van der Waals surface area contributed by atoms with Crippen LogP contribution in [0.15, 0.2) is 36.4 Å². The van der Waals surface area contributed by atoms with E-state index in [4.69, 9.17) is 4.74 Å². The third-order valence-electron chi connectivity index (χ3n) is 4.60. The number of nitrogens with zero attached hydrogens (tertiary/aromatic N) is 1. The van der Waals surface area contributed by atoms with Crippen molar-refractivity contribution in [1.82, 2.24) is 0 Å². The molecule has 0 aromatic heterocycles. The molecule has 2 aromatic carbocycles. The lowest BCUT2D eigenvalue weighted by Crippen LogP contribution is -2.27. The summed E-state index contributed by atoms with van der Waals surface area (Å²) in [4.78, 5) is 15.0. The molecule has 0 amide bonds. The normalized spacial score (nSPS) is 13.0. The maximum Gasteiger partial charge on any atom is 0.196 e. The Bertz CT molecular complexity index is 751. The fourth-order valence-electron chi connectivity index (χ4n) is 3.26. The molecule has 0 aliphatic carbocycles. The van der Waals surface area contributed by atoms with Crippen LogP contribution in [0, 0.1) is 0 Å². The summed E-state index contributed by atoms with van der Waals surface area (Å²) in [5.41, 5.74) is 3.15. The van der Waals surface area contributed by atoms with Gasteiger partial charge in [-0.25, -0.2) is 0 Å². The molecule has 2 bridgehead atoms. The van der Waals surface area contributed by atoms with E-state index in [-0.39, 0.29) is 5.78 Å². The van der Waals surface area contributed by atoms with Gasteiger partial charge in [0.15, 0.2) is 17.3 Å². The van der Waals surface area contributed by atoms with Crippen LogP contribution in [0.25, 0.3) is 0 Å². The zero-order valence-corrected chi connectivity index (χ0v) is 14.4. The van der Waals surface area contributed by atoms with Crippen LogP contribution in [0.1, 0.15) is 48.4 Å². The first-order valence-corrected chi connectivity index (χ1v) is 8.52. The van der Waals surface area contributed by atoms with Crippen LogP contribution in [0.2, 0.25) is 0 Å². The Kier molecular flexibility index (Phi) is 4.58. The predicted molar refractivity (Wildman–Crippen MR) is 95.2 cm³/mol. The molecule has 1 unspecified atom stereocenters. The molecule has 1 atom stereocenters. The largest absolute Gasteiger partial charge is 0.452 e. The van der Waals surface area contributed by atoms with E-state index in [1.165, 1.54) is 0 Å². The van der Waals surface area contributed by atoms with Gasteiger partial charge in [-0.15, -0.1) is 0 Å². The van der Waals surface area contributed by atoms with Crippen molar-refractivity contribution in [2.24, 2.45) is 0 Å². The highest BCUT2D eigenvalue weighted by Crippen LogP contribution is 2.54. The van der Waals surface area contributed by atoms with Crippen molar-refractivity contribution in [3.63, 3.8) is 0 Å². The quantitative estimate of drug-likeness (QED) is 0.664. The van der Waals surface area contributed by atoms with Crippen LogP contribution in [-0.2, 0) is 6.42 Å². The Morgan fingerprint density at radius 2 is 1.83 bits per heavy atom. The van der Waals surface area contributed by atoms with E-state index in [9.17, 15) is 9.90 Å². The second-order valence-corrected chi connectivity index (χ2v) is 5.88. The number of ketones is 1. The number of rotatable bonds is 7. The summed E-state index contributed by atoms with van der Waals surface area (Å²) in [5.74, 6) is 1.26. The number of hydrogen-bond acceptors (Lipinski definition) is 4. The van der Waals surface area contributed by atoms with Crippen molar-refractivity contribution in [3.8, 4) is 11.5 Å². The Morgan fingerprint density at radius 1 is 1.17 bits per heavy atom. The predicted octanol–water partition coefficient (Wildman–Crippen LogP) is 4.12. The number of carbonyl (C=O) groups excluding carboxylic acids is 1. The summed E-state index contributed by atoms with van der Waals surface area (Å²) in [5, 5.41) is 10.4. The molecule has 2 aliphatic rings. The van der Waals surface area contributed by atoms with E-state index in [0.29, 0.717) is 17.5 Å². The molecular weight excluding hydrogens is 302 g/mol. The molecule has 2 heterocycles. The molecule has 126 valence electrons. The van der Waals surface area contributed by atoms with Gasteiger partial charge in [-0.1, -0.05) is 37.3 Å². The summed E-state index contributed by atoms with van der Waals surface area (Å²) in [6, 6.07) is 10.8. The molecule has 0 saturated carbocycles. The third kappa shape index (κ3) is 2.57. The van der Waals surface area contributed by atoms with Gasteiger partial charge >= 0.3 is 0 Å². The van der Waals surface area contributed by atoms with E-state index >= 15 is 0 Å². The zero-order valence-electron chi connectivity index (χ0n) is 14.4. The maximum absolute atomic E-state index is 12.8. The van der Waals surface area contributed by atoms with Gasteiger partial charge in [-0.3, -0.25) is 4.79 Å². The lowest BCUT2D eigenvalue weighted by Gasteiger charge is -2.35. The zero-order chi connectivity index (χ0) is 17.3. The fraction of sp³-hybridized carbons (Fsp3) is 0.350. The van der Waals surface area contributed by atoms with Crippen LogP contribution in [0.3, 0.4) is 0 Å². The molecule has 0 saturated heterocycles. The lowest BCUT2D eigenvalue weighted by atomic mass is 9.91. The molecule has 24 heavy (non-hydrogen) atoms. The molecule has 4 heteroatoms. The first-order chi connectivity index (χ1) is 11.6. The first kappa shape index (κ1) is 16.5. The number of fused-ring (bicyclic) bond motifs is 2. The van der Waals surface area contributed by atoms with E-state index in [1.54, 1.807) is 18.2 Å². The molecule has 4 rings (SSSR count). The maximum atomic E-state index is 12.8. The second kappa shape index (κ2) is 6.65. The van der Waals surface area contributed by atoms with Crippen molar-refractivity contribution in [1.29, 1.82) is 0 Å². The topological polar surface area (TPSA) is 49.8 Å². The van der Waals surface area contributed by atoms with Crippen LogP contribution in [0.5, 0.6) is 11.5 Å². The fourth-order valence-corrected chi connectivity index (χ4v) is 3.26. The number of aliphatic hydroxyl groups is 1. The monoisotopic (exact) mass is 325 g/mol. The minimum atomic E-state index is -1.14. The number of aliphatic hydroxyl groups excluding tert-OH is 1. The van der Waals surface area contributed by atoms with Gasteiger partial charge in [-0.05, 0) is 31.9 Å². The smallest absolute Gasteiger partial charge is 0.196 e. The van der Waals surface area contributed by atoms with Crippen LogP contribution >= 0.6 is 0 Å². The molecule has 4 nitrogen and oxygen atoms in total. The molecule has 2 aliphatic heterocycles. The van der Waals surface area contributed by atoms with Crippen molar-refractivity contribution in [2.45, 2.75) is 33.3 Å². The SMILES string of the molecule is CCc1c(C(=O)C(O)c2ccccc2)cc2c(N(CC)CC)c1O2. The van der Waals surface area contributed by atoms with Crippen molar-refractivity contribution in [2.75, 3.05) is 18.0 Å². The van der Waals surface area contributed by atoms with Gasteiger partial charge in [0.2, 0.25) is 0 Å². The molecule has 0 spiro atoms. The van der Waals surface area contributed by atoms with Crippen LogP contribution in [0.4, 0.5) is 5.69 Å². The summed E-state index contributed by atoms with van der Waals surface area (Å²) >= 11 is 0. The minimum Gasteiger partial charge on any atom is -0.452 e. The highest BCUT2D eigenvalue weighted by atomic mass is 16.5. The van der Waals surface area contributed by atoms with Gasteiger partial charge in [-0.2, -0.15) is 0 Å². The molecule has 0 fully saturated rings. The average molecular weight is 325 g/mol. The van der Waals surface area contributed by atoms with Crippen molar-refractivity contribution < 1.29 is 14.6 Å². The minimum absolute atomic E-state index is 0.269. The Hall–Kier alpha value is -2.33. The van der Waals surface area contributed by atoms with Gasteiger partial charge in [0.25, 0.3) is 0 Å². The molecule has 2 aromatic rings. The molecule has 0 radical (unpaired) electrons. The number of Topliss-reactive ketones (excluding diaryl/α,β-unsaturated/α-hetero) is 1. The highest BCUT2D eigenvalue weighted by Gasteiger charge is 2.34. The van der Waals surface area contributed by atoms with E-state index in [1.807, 2.05) is 25.1 Å². The van der Waals surface area contributed by atoms with Gasteiger partial charge in [0.05, 0.1) is 0 Å². The van der Waals surface area contributed by atoms with E-state index < -0.39 is 6.10 Å². The van der Waals surface area contributed by atoms with E-state index in [0.717, 1.165) is 35.8 Å². The van der Waals surface area contributed by atoms with Gasteiger partial charge < -0.3 is 14.7 Å². The third-order valence-corrected chi connectivity index (χ3v) is 4.60. The van der Waals surface area contributed by atoms with Crippen molar-refractivity contribution in [3.05, 3.63) is 53.1 Å². The van der Waals surface area contributed by atoms with Crippen molar-refractivity contribution >= 4 is 11.5 Å². The first-order valence-electron chi connectivity index (χ1n) is 8.52. The standard InChI is InChI=1S/C20H23NO3/c1-4-14-15(19(23)18(22)13-10-8-7-9-11-13)12-16-17(20(14)24-16)21(5-2)6-3/h7-12,18,22H,4-6H2,1-3H3. The number of hydrogen-bond donors (Lipinski definition) is 1. The summed E-state index contributed by atoms with van der Waals surface area (Å²) in [7, 11) is 0. The molecule has 1 N–H and O–H groups in total. The number of anilines is 1. The number of ether oxygens (including phenoxy) is 1. The summed E-state index contributed by atoms with van der Waals surface area (Å²) < 4.78 is 5.75. The number of benzene rings is 2. The van der Waals surface area contributed by atoms with Gasteiger partial charge in [0.1, 0.15) is 11.8 Å². The highest BCUT2D eigenvalue weighted by molar-refractivity contribution is 6.04. The van der Waals surface area contributed by atoms with E-state index in [2.05, 4.69) is 18.7 Å². The van der Waals surface area contributed by atoms with Crippen LogP contribution < -0.4 is 9.64 Å². The Morgan fingerprint density at radius 3 is 2.42 bits per heavy atom. The van der Waals surface area contributed by atoms with Gasteiger partial charge in [0, 0.05) is 24.2 Å². The van der Waals surface area contributed by atoms with Crippen LogP contribution in [-0.4, -0.2) is 24.0 Å². The summed E-state index contributed by atoms with van der Waals surface area (Å²) in [6.07, 6.45) is -0.457.